The normalized spacial score (nSPS) is 16.3. The molecule has 2 heterocycles. The fraction of sp³-hybridized carbons (Fsp3) is 0.385. The molecule has 16 heavy (non-hydrogen) atoms. The first-order chi connectivity index (χ1) is 7.75. The summed E-state index contributed by atoms with van der Waals surface area (Å²) in [6.45, 7) is 1.60. The molecule has 0 radical (unpaired) electrons. The van der Waals surface area contributed by atoms with Gasteiger partial charge in [0, 0.05) is 17.7 Å². The Bertz CT molecular complexity index is 552. The van der Waals surface area contributed by atoms with E-state index in [-0.39, 0.29) is 5.78 Å². The SMILES string of the molecule is CC(=O)c1ccc2cnc(C3CCC3)n2c1. The highest BCUT2D eigenvalue weighted by Crippen LogP contribution is 2.35. The summed E-state index contributed by atoms with van der Waals surface area (Å²) in [4.78, 5) is 15.8. The Labute approximate surface area is 94.1 Å². The number of carbonyl (C=O) groups is 1. The van der Waals surface area contributed by atoms with Crippen LogP contribution in [0, 0.1) is 0 Å². The van der Waals surface area contributed by atoms with E-state index in [2.05, 4.69) is 9.38 Å². The van der Waals surface area contributed by atoms with Crippen LogP contribution in [-0.2, 0) is 0 Å². The summed E-state index contributed by atoms with van der Waals surface area (Å²) in [5.74, 6) is 1.81. The highest BCUT2D eigenvalue weighted by atomic mass is 16.1. The second kappa shape index (κ2) is 3.44. The summed E-state index contributed by atoms with van der Waals surface area (Å²) < 4.78 is 2.07. The van der Waals surface area contributed by atoms with Gasteiger partial charge >= 0.3 is 0 Å². The lowest BCUT2D eigenvalue weighted by molar-refractivity contribution is 0.101. The van der Waals surface area contributed by atoms with Gasteiger partial charge in [0.1, 0.15) is 5.82 Å². The smallest absolute Gasteiger partial charge is 0.161 e. The Morgan fingerprint density at radius 2 is 2.25 bits per heavy atom. The number of Topliss-reactive ketones (excluding diaryl/α,β-unsaturated/α-hetero) is 1. The van der Waals surface area contributed by atoms with E-state index in [4.69, 9.17) is 0 Å². The van der Waals surface area contributed by atoms with Crippen LogP contribution < -0.4 is 0 Å². The predicted molar refractivity (Wildman–Crippen MR) is 61.8 cm³/mol. The van der Waals surface area contributed by atoms with Crippen molar-refractivity contribution >= 4 is 11.3 Å². The number of carbonyl (C=O) groups excluding carboxylic acids is 1. The lowest BCUT2D eigenvalue weighted by Crippen LogP contribution is -2.12. The fourth-order valence-electron chi connectivity index (χ4n) is 2.19. The van der Waals surface area contributed by atoms with Crippen molar-refractivity contribution < 1.29 is 4.79 Å². The van der Waals surface area contributed by atoms with Crippen LogP contribution in [0.2, 0.25) is 0 Å². The maximum absolute atomic E-state index is 11.3. The number of fused-ring (bicyclic) bond motifs is 1. The van der Waals surface area contributed by atoms with Gasteiger partial charge < -0.3 is 4.40 Å². The molecule has 0 unspecified atom stereocenters. The van der Waals surface area contributed by atoms with Crippen molar-refractivity contribution in [3.63, 3.8) is 0 Å². The van der Waals surface area contributed by atoms with E-state index >= 15 is 0 Å². The zero-order valence-corrected chi connectivity index (χ0v) is 9.31. The predicted octanol–water partition coefficient (Wildman–Crippen LogP) is 2.80. The van der Waals surface area contributed by atoms with E-state index in [1.165, 1.54) is 19.3 Å². The van der Waals surface area contributed by atoms with Gasteiger partial charge in [0.25, 0.3) is 0 Å². The Balaban J connectivity index is 2.15. The number of pyridine rings is 1. The van der Waals surface area contributed by atoms with Gasteiger partial charge in [-0.3, -0.25) is 4.79 Å². The van der Waals surface area contributed by atoms with Crippen LogP contribution in [0.25, 0.3) is 5.52 Å². The van der Waals surface area contributed by atoms with Crippen LogP contribution in [0.1, 0.15) is 48.3 Å². The third kappa shape index (κ3) is 1.35. The molecule has 0 N–H and O–H groups in total. The molecule has 3 nitrogen and oxygen atoms in total. The monoisotopic (exact) mass is 214 g/mol. The first-order valence-corrected chi connectivity index (χ1v) is 5.73. The van der Waals surface area contributed by atoms with Gasteiger partial charge in [-0.1, -0.05) is 6.42 Å². The Morgan fingerprint density at radius 3 is 2.88 bits per heavy atom. The molecule has 2 aromatic rings. The number of nitrogens with zero attached hydrogens (tertiary/aromatic N) is 2. The van der Waals surface area contributed by atoms with Gasteiger partial charge in [0.15, 0.2) is 5.78 Å². The topological polar surface area (TPSA) is 34.4 Å². The number of hydrogen-bond donors (Lipinski definition) is 0. The molecule has 0 atom stereocenters. The maximum atomic E-state index is 11.3. The molecule has 1 fully saturated rings. The molecule has 1 aliphatic rings. The molecule has 0 amide bonds. The van der Waals surface area contributed by atoms with E-state index in [1.54, 1.807) is 6.92 Å². The summed E-state index contributed by atoms with van der Waals surface area (Å²) in [5, 5.41) is 0. The second-order valence-electron chi connectivity index (χ2n) is 4.51. The zero-order chi connectivity index (χ0) is 11.1. The molecular formula is C13H14N2O. The van der Waals surface area contributed by atoms with Crippen LogP contribution in [-0.4, -0.2) is 15.2 Å². The van der Waals surface area contributed by atoms with Gasteiger partial charge in [-0.2, -0.15) is 0 Å². The summed E-state index contributed by atoms with van der Waals surface area (Å²) in [7, 11) is 0. The number of ketones is 1. The van der Waals surface area contributed by atoms with E-state index in [0.29, 0.717) is 5.92 Å². The molecule has 2 aromatic heterocycles. The van der Waals surface area contributed by atoms with Gasteiger partial charge in [-0.05, 0) is 31.9 Å². The van der Waals surface area contributed by atoms with Crippen LogP contribution in [0.15, 0.2) is 24.5 Å². The molecule has 0 aromatic carbocycles. The quantitative estimate of drug-likeness (QED) is 0.720. The summed E-state index contributed by atoms with van der Waals surface area (Å²) in [6, 6.07) is 3.83. The van der Waals surface area contributed by atoms with E-state index in [0.717, 1.165) is 16.9 Å². The second-order valence-corrected chi connectivity index (χ2v) is 4.51. The Morgan fingerprint density at radius 1 is 1.44 bits per heavy atom. The average molecular weight is 214 g/mol. The number of hydrogen-bond acceptors (Lipinski definition) is 2. The van der Waals surface area contributed by atoms with Crippen molar-refractivity contribution in [2.24, 2.45) is 0 Å². The van der Waals surface area contributed by atoms with E-state index < -0.39 is 0 Å². The van der Waals surface area contributed by atoms with Crippen molar-refractivity contribution in [2.75, 3.05) is 0 Å². The average Bonchev–Trinajstić information content (AvgIpc) is 2.59. The molecule has 82 valence electrons. The minimum Gasteiger partial charge on any atom is -0.303 e. The fourth-order valence-corrected chi connectivity index (χ4v) is 2.19. The van der Waals surface area contributed by atoms with Crippen LogP contribution in [0.5, 0.6) is 0 Å². The summed E-state index contributed by atoms with van der Waals surface area (Å²) in [6.07, 6.45) is 7.55. The van der Waals surface area contributed by atoms with Gasteiger partial charge in [0.2, 0.25) is 0 Å². The molecule has 1 aliphatic carbocycles. The Hall–Kier alpha value is -1.64. The first kappa shape index (κ1) is 9.58. The largest absolute Gasteiger partial charge is 0.303 e. The first-order valence-electron chi connectivity index (χ1n) is 5.73. The van der Waals surface area contributed by atoms with Crippen molar-refractivity contribution in [3.05, 3.63) is 35.9 Å². The van der Waals surface area contributed by atoms with Crippen molar-refractivity contribution in [3.8, 4) is 0 Å². The lowest BCUT2D eigenvalue weighted by atomic mass is 9.85. The van der Waals surface area contributed by atoms with Crippen LogP contribution >= 0.6 is 0 Å². The van der Waals surface area contributed by atoms with Crippen LogP contribution in [0.4, 0.5) is 0 Å². The summed E-state index contributed by atoms with van der Waals surface area (Å²) in [5.41, 5.74) is 1.83. The molecule has 1 saturated carbocycles. The lowest BCUT2D eigenvalue weighted by Gasteiger charge is -2.24. The number of imidazole rings is 1. The minimum absolute atomic E-state index is 0.107. The van der Waals surface area contributed by atoms with Crippen molar-refractivity contribution in [2.45, 2.75) is 32.1 Å². The molecule has 0 bridgehead atoms. The summed E-state index contributed by atoms with van der Waals surface area (Å²) >= 11 is 0. The standard InChI is InChI=1S/C13H14N2O/c1-9(16)11-5-6-12-7-14-13(15(12)8-11)10-3-2-4-10/h5-8,10H,2-4H2,1H3. The number of rotatable bonds is 2. The molecule has 0 aliphatic heterocycles. The third-order valence-corrected chi connectivity index (χ3v) is 3.43. The number of aromatic nitrogens is 2. The maximum Gasteiger partial charge on any atom is 0.161 e. The molecule has 3 heteroatoms. The van der Waals surface area contributed by atoms with Crippen molar-refractivity contribution in [1.82, 2.24) is 9.38 Å². The van der Waals surface area contributed by atoms with Crippen molar-refractivity contribution in [1.29, 1.82) is 0 Å². The van der Waals surface area contributed by atoms with Gasteiger partial charge in [0.05, 0.1) is 11.7 Å². The highest BCUT2D eigenvalue weighted by molar-refractivity contribution is 5.94. The highest BCUT2D eigenvalue weighted by Gasteiger charge is 2.23. The molecular weight excluding hydrogens is 200 g/mol. The molecule has 0 saturated heterocycles. The third-order valence-electron chi connectivity index (χ3n) is 3.43. The minimum atomic E-state index is 0.107. The Kier molecular flexibility index (Phi) is 2.06. The van der Waals surface area contributed by atoms with Gasteiger partial charge in [-0.25, -0.2) is 4.98 Å². The van der Waals surface area contributed by atoms with Crippen LogP contribution in [0.3, 0.4) is 0 Å². The van der Waals surface area contributed by atoms with E-state index in [9.17, 15) is 4.79 Å². The molecule has 0 spiro atoms. The molecule has 3 rings (SSSR count). The zero-order valence-electron chi connectivity index (χ0n) is 9.31. The van der Waals surface area contributed by atoms with Gasteiger partial charge in [-0.15, -0.1) is 0 Å². The van der Waals surface area contributed by atoms with E-state index in [1.807, 2.05) is 24.5 Å².